The van der Waals surface area contributed by atoms with Gasteiger partial charge in [0.2, 0.25) is 0 Å². The molecule has 6 heteroatoms. The van der Waals surface area contributed by atoms with Gasteiger partial charge in [-0.25, -0.2) is 0 Å². The fourth-order valence-corrected chi connectivity index (χ4v) is 5.11. The minimum atomic E-state index is 0.754. The molecular weight excluding hydrogens is 388 g/mol. The summed E-state index contributed by atoms with van der Waals surface area (Å²) in [4.78, 5) is 2.42. The summed E-state index contributed by atoms with van der Waals surface area (Å²) < 4.78 is 14.4. The van der Waals surface area contributed by atoms with Gasteiger partial charge in [-0.15, -0.1) is 22.7 Å². The number of quaternary nitrogens is 2. The Labute approximate surface area is 179 Å². The lowest BCUT2D eigenvalue weighted by Gasteiger charge is -2.24. The second-order valence-corrected chi connectivity index (χ2v) is 11.3. The molecule has 0 N–H and O–H groups in total. The van der Waals surface area contributed by atoms with E-state index in [0.29, 0.717) is 0 Å². The smallest absolute Gasteiger partial charge is 0.141 e. The Balaban J connectivity index is 2.07. The number of nitrogens with zero attached hydrogens (tertiary/aromatic N) is 2. The molecule has 0 spiro atoms. The molecule has 2 rings (SSSR count). The first kappa shape index (κ1) is 23.2. The van der Waals surface area contributed by atoms with Gasteiger partial charge >= 0.3 is 0 Å². The second kappa shape index (κ2) is 9.61. The van der Waals surface area contributed by atoms with Crippen molar-refractivity contribution in [3.8, 4) is 21.3 Å². The Morgan fingerprint density at radius 2 is 1.04 bits per heavy atom. The Hall–Kier alpha value is -1.08. The molecule has 0 aliphatic carbocycles. The van der Waals surface area contributed by atoms with Gasteiger partial charge in [-0.05, 0) is 24.6 Å². The molecule has 0 bridgehead atoms. The molecule has 28 heavy (non-hydrogen) atoms. The van der Waals surface area contributed by atoms with E-state index in [9.17, 15) is 0 Å². The highest BCUT2D eigenvalue weighted by Crippen LogP contribution is 2.47. The molecule has 0 aromatic carbocycles. The van der Waals surface area contributed by atoms with Crippen LogP contribution in [0.3, 0.4) is 0 Å². The summed E-state index contributed by atoms with van der Waals surface area (Å²) in [7, 11) is 13.3. The monoisotopic (exact) mass is 426 g/mol. The molecule has 0 atom stereocenters. The lowest BCUT2D eigenvalue weighted by atomic mass is 10.2. The first-order valence-corrected chi connectivity index (χ1v) is 11.8. The van der Waals surface area contributed by atoms with Crippen LogP contribution in [0.4, 0.5) is 0 Å². The first-order valence-electron chi connectivity index (χ1n) is 10.0. The summed E-state index contributed by atoms with van der Waals surface area (Å²) in [5.74, 6) is 2.06. The van der Waals surface area contributed by atoms with E-state index in [4.69, 9.17) is 9.47 Å². The van der Waals surface area contributed by atoms with E-state index in [1.807, 2.05) is 0 Å². The van der Waals surface area contributed by atoms with E-state index in [-0.39, 0.29) is 0 Å². The summed E-state index contributed by atoms with van der Waals surface area (Å²) in [6.45, 7) is 8.00. The zero-order valence-corrected chi connectivity index (χ0v) is 20.6. The molecule has 0 saturated carbocycles. The maximum absolute atomic E-state index is 6.24. The second-order valence-electron chi connectivity index (χ2n) is 9.59. The molecule has 2 aromatic rings. The molecule has 158 valence electrons. The number of ether oxygens (including phenoxy) is 2. The minimum Gasteiger partial charge on any atom is -0.492 e. The SMILES string of the molecule is Cc1csc(-c2scc(C)c2OCCC[N+](C)(C)C)c1OCCC[N+](C)(C)C. The van der Waals surface area contributed by atoms with Crippen molar-refractivity contribution in [1.29, 1.82) is 0 Å². The fraction of sp³-hybridized carbons (Fsp3) is 0.636. The molecule has 0 radical (unpaired) electrons. The van der Waals surface area contributed by atoms with Crippen molar-refractivity contribution in [2.75, 3.05) is 68.6 Å². The van der Waals surface area contributed by atoms with Crippen LogP contribution in [0.1, 0.15) is 24.0 Å². The molecule has 0 aliphatic heterocycles. The molecule has 0 aliphatic rings. The standard InChI is InChI=1S/C22H38N2O2S2/c1-17-15-27-21(19(17)25-13-9-11-23(3,4)5)22-20(18(2)16-28-22)26-14-10-12-24(6,7)8/h15-16H,9-14H2,1-8H3/q+2. The summed E-state index contributed by atoms with van der Waals surface area (Å²) in [6.07, 6.45) is 2.10. The Morgan fingerprint density at radius 1 is 0.679 bits per heavy atom. The van der Waals surface area contributed by atoms with E-state index in [1.165, 1.54) is 20.9 Å². The predicted molar refractivity (Wildman–Crippen MR) is 123 cm³/mol. The van der Waals surface area contributed by atoms with Crippen molar-refractivity contribution in [3.63, 3.8) is 0 Å². The average Bonchev–Trinajstić information content (AvgIpc) is 3.09. The van der Waals surface area contributed by atoms with Crippen LogP contribution in [0.5, 0.6) is 11.5 Å². The summed E-state index contributed by atoms with van der Waals surface area (Å²) >= 11 is 3.52. The van der Waals surface area contributed by atoms with Crippen LogP contribution in [0.2, 0.25) is 0 Å². The topological polar surface area (TPSA) is 18.5 Å². The van der Waals surface area contributed by atoms with Crippen LogP contribution in [0, 0.1) is 13.8 Å². The Morgan fingerprint density at radius 3 is 1.36 bits per heavy atom. The van der Waals surface area contributed by atoms with Crippen LogP contribution in [0.25, 0.3) is 9.75 Å². The van der Waals surface area contributed by atoms with Crippen molar-refractivity contribution < 1.29 is 18.4 Å². The van der Waals surface area contributed by atoms with Gasteiger partial charge in [0.15, 0.2) is 0 Å². The highest BCUT2D eigenvalue weighted by atomic mass is 32.1. The van der Waals surface area contributed by atoms with Gasteiger partial charge in [-0.1, -0.05) is 0 Å². The van der Waals surface area contributed by atoms with Gasteiger partial charge in [-0.3, -0.25) is 0 Å². The predicted octanol–water partition coefficient (Wildman–Crippen LogP) is 5.04. The molecule has 2 aromatic heterocycles. The molecule has 0 fully saturated rings. The van der Waals surface area contributed by atoms with E-state index in [2.05, 4.69) is 66.9 Å². The zero-order valence-electron chi connectivity index (χ0n) is 18.9. The third-order valence-electron chi connectivity index (χ3n) is 4.48. The lowest BCUT2D eigenvalue weighted by molar-refractivity contribution is -0.870. The lowest BCUT2D eigenvalue weighted by Crippen LogP contribution is -2.36. The maximum atomic E-state index is 6.24. The van der Waals surface area contributed by atoms with Gasteiger partial charge in [0.1, 0.15) is 11.5 Å². The van der Waals surface area contributed by atoms with Crippen LogP contribution < -0.4 is 9.47 Å². The van der Waals surface area contributed by atoms with Crippen molar-refractivity contribution >= 4 is 22.7 Å². The minimum absolute atomic E-state index is 0.754. The third kappa shape index (κ3) is 7.07. The highest BCUT2D eigenvalue weighted by Gasteiger charge is 2.20. The molecule has 0 unspecified atom stereocenters. The maximum Gasteiger partial charge on any atom is 0.141 e. The average molecular weight is 427 g/mol. The van der Waals surface area contributed by atoms with E-state index >= 15 is 0 Å². The number of aryl methyl sites for hydroxylation is 2. The van der Waals surface area contributed by atoms with Crippen molar-refractivity contribution in [1.82, 2.24) is 0 Å². The molecule has 0 amide bonds. The third-order valence-corrected chi connectivity index (χ3v) is 6.80. The van der Waals surface area contributed by atoms with Crippen LogP contribution in [-0.2, 0) is 0 Å². The van der Waals surface area contributed by atoms with Gasteiger partial charge in [-0.2, -0.15) is 0 Å². The van der Waals surface area contributed by atoms with E-state index in [1.54, 1.807) is 22.7 Å². The number of thiophene rings is 2. The number of hydrogen-bond acceptors (Lipinski definition) is 4. The largest absolute Gasteiger partial charge is 0.492 e. The molecule has 2 heterocycles. The molecule has 0 saturated heterocycles. The Bertz CT molecular complexity index is 687. The summed E-state index contributed by atoms with van der Waals surface area (Å²) in [6, 6.07) is 0. The summed E-state index contributed by atoms with van der Waals surface area (Å²) in [5.41, 5.74) is 2.43. The van der Waals surface area contributed by atoms with Crippen molar-refractivity contribution in [3.05, 3.63) is 21.9 Å². The number of rotatable bonds is 11. The van der Waals surface area contributed by atoms with Crippen molar-refractivity contribution in [2.24, 2.45) is 0 Å². The normalized spacial score (nSPS) is 12.4. The van der Waals surface area contributed by atoms with Gasteiger partial charge in [0.25, 0.3) is 0 Å². The highest BCUT2D eigenvalue weighted by molar-refractivity contribution is 7.21. The van der Waals surface area contributed by atoms with Gasteiger partial charge in [0, 0.05) is 24.0 Å². The van der Waals surface area contributed by atoms with Gasteiger partial charge in [0.05, 0.1) is 78.3 Å². The van der Waals surface area contributed by atoms with Gasteiger partial charge < -0.3 is 18.4 Å². The first-order chi connectivity index (χ1) is 13.0. The van der Waals surface area contributed by atoms with E-state index in [0.717, 1.165) is 59.6 Å². The van der Waals surface area contributed by atoms with E-state index < -0.39 is 0 Å². The van der Waals surface area contributed by atoms with Crippen LogP contribution >= 0.6 is 22.7 Å². The quantitative estimate of drug-likeness (QED) is 0.370. The molecule has 4 nitrogen and oxygen atoms in total. The zero-order chi connectivity index (χ0) is 20.9. The van der Waals surface area contributed by atoms with Crippen LogP contribution in [0.15, 0.2) is 10.8 Å². The molecular formula is C22H38N2O2S2+2. The van der Waals surface area contributed by atoms with Crippen molar-refractivity contribution in [2.45, 2.75) is 26.7 Å². The fourth-order valence-electron chi connectivity index (χ4n) is 2.97. The van der Waals surface area contributed by atoms with Crippen LogP contribution in [-0.4, -0.2) is 77.6 Å². The summed E-state index contributed by atoms with van der Waals surface area (Å²) in [5, 5.41) is 4.39. The Kier molecular flexibility index (Phi) is 7.97. The number of hydrogen-bond donors (Lipinski definition) is 0.